The lowest BCUT2D eigenvalue weighted by atomic mass is 10.0. The molecule has 0 saturated heterocycles. The molecule has 0 aliphatic heterocycles. The molecule has 0 atom stereocenters. The van der Waals surface area contributed by atoms with Crippen LogP contribution in [0, 0.1) is 13.8 Å². The third-order valence-electron chi connectivity index (χ3n) is 4.75. The van der Waals surface area contributed by atoms with Crippen molar-refractivity contribution < 1.29 is 9.59 Å². The zero-order valence-corrected chi connectivity index (χ0v) is 17.0. The minimum absolute atomic E-state index is 0.0746. The largest absolute Gasteiger partial charge is 0.326 e. The molecule has 0 bridgehead atoms. The van der Waals surface area contributed by atoms with Crippen molar-refractivity contribution in [1.82, 2.24) is 5.43 Å². The summed E-state index contributed by atoms with van der Waals surface area (Å²) < 4.78 is 0. The van der Waals surface area contributed by atoms with Crippen LogP contribution in [0.3, 0.4) is 0 Å². The number of nitrogens with zero attached hydrogens (tertiary/aromatic N) is 1. The number of hydrogen-bond donors (Lipinski definition) is 2. The van der Waals surface area contributed by atoms with Crippen molar-refractivity contribution in [2.45, 2.75) is 33.6 Å². The molecule has 29 heavy (non-hydrogen) atoms. The molecule has 0 aromatic heterocycles. The van der Waals surface area contributed by atoms with Crippen molar-refractivity contribution >= 4 is 34.0 Å². The molecule has 0 saturated carbocycles. The van der Waals surface area contributed by atoms with Gasteiger partial charge in [0.05, 0.1) is 5.71 Å². The second-order valence-electron chi connectivity index (χ2n) is 7.16. The Bertz CT molecular complexity index is 1090. The zero-order valence-electron chi connectivity index (χ0n) is 17.0. The highest BCUT2D eigenvalue weighted by Crippen LogP contribution is 2.17. The van der Waals surface area contributed by atoms with Crippen LogP contribution in [-0.4, -0.2) is 17.5 Å². The van der Waals surface area contributed by atoms with Crippen LogP contribution in [-0.2, 0) is 9.59 Å². The Morgan fingerprint density at radius 3 is 2.34 bits per heavy atom. The molecule has 2 N–H and O–H groups in total. The monoisotopic (exact) mass is 387 g/mol. The van der Waals surface area contributed by atoms with Gasteiger partial charge in [-0.05, 0) is 54.8 Å². The van der Waals surface area contributed by atoms with Crippen LogP contribution in [0.1, 0.15) is 36.5 Å². The average Bonchev–Trinajstić information content (AvgIpc) is 2.72. The minimum Gasteiger partial charge on any atom is -0.326 e. The van der Waals surface area contributed by atoms with E-state index in [4.69, 9.17) is 0 Å². The number of fused-ring (bicyclic) bond motifs is 1. The molecule has 0 radical (unpaired) electrons. The lowest BCUT2D eigenvalue weighted by Gasteiger charge is -2.09. The first-order chi connectivity index (χ1) is 13.9. The van der Waals surface area contributed by atoms with Crippen molar-refractivity contribution in [2.75, 3.05) is 5.32 Å². The first kappa shape index (κ1) is 20.3. The van der Waals surface area contributed by atoms with Gasteiger partial charge in [-0.15, -0.1) is 0 Å². The van der Waals surface area contributed by atoms with Crippen molar-refractivity contribution in [3.05, 3.63) is 77.4 Å². The van der Waals surface area contributed by atoms with Crippen LogP contribution >= 0.6 is 0 Å². The van der Waals surface area contributed by atoms with Gasteiger partial charge in [-0.2, -0.15) is 5.10 Å². The van der Waals surface area contributed by atoms with Gasteiger partial charge in [0, 0.05) is 18.5 Å². The van der Waals surface area contributed by atoms with E-state index in [-0.39, 0.29) is 24.7 Å². The Balaban J connectivity index is 1.52. The second kappa shape index (κ2) is 9.15. The smallest absolute Gasteiger partial charge is 0.240 e. The molecular formula is C24H25N3O2. The van der Waals surface area contributed by atoms with Gasteiger partial charge in [0.25, 0.3) is 0 Å². The normalized spacial score (nSPS) is 11.3. The number of carbonyl (C=O) groups excluding carboxylic acids is 2. The number of aryl methyl sites for hydroxylation is 2. The molecular weight excluding hydrogens is 362 g/mol. The van der Waals surface area contributed by atoms with Crippen LogP contribution in [0.2, 0.25) is 0 Å². The van der Waals surface area contributed by atoms with Crippen LogP contribution in [0.5, 0.6) is 0 Å². The van der Waals surface area contributed by atoms with E-state index in [1.165, 1.54) is 0 Å². The third kappa shape index (κ3) is 5.51. The van der Waals surface area contributed by atoms with Crippen LogP contribution in [0.15, 0.2) is 65.8 Å². The van der Waals surface area contributed by atoms with Gasteiger partial charge < -0.3 is 5.32 Å². The quantitative estimate of drug-likeness (QED) is 0.475. The molecule has 3 aromatic carbocycles. The van der Waals surface area contributed by atoms with Gasteiger partial charge in [-0.1, -0.05) is 54.1 Å². The molecule has 0 heterocycles. The highest BCUT2D eigenvalue weighted by molar-refractivity contribution is 6.02. The Morgan fingerprint density at radius 2 is 1.59 bits per heavy atom. The van der Waals surface area contributed by atoms with E-state index < -0.39 is 0 Å². The summed E-state index contributed by atoms with van der Waals surface area (Å²) in [5.74, 6) is -0.483. The van der Waals surface area contributed by atoms with Gasteiger partial charge in [-0.25, -0.2) is 5.43 Å². The fourth-order valence-corrected chi connectivity index (χ4v) is 3.07. The van der Waals surface area contributed by atoms with Crippen LogP contribution in [0.25, 0.3) is 10.8 Å². The number of rotatable bonds is 6. The van der Waals surface area contributed by atoms with E-state index in [1.54, 1.807) is 0 Å². The molecule has 3 aromatic rings. The highest BCUT2D eigenvalue weighted by atomic mass is 16.2. The summed E-state index contributed by atoms with van der Waals surface area (Å²) in [6.07, 6.45) is 0.176. The first-order valence-electron chi connectivity index (χ1n) is 9.62. The maximum atomic E-state index is 12.1. The molecule has 5 nitrogen and oxygen atoms in total. The summed E-state index contributed by atoms with van der Waals surface area (Å²) in [6.45, 7) is 5.79. The number of hydrogen-bond acceptors (Lipinski definition) is 3. The standard InChI is InChI=1S/C24H25N3O2/c1-16-8-11-22(17(2)14-16)25-23(28)12-13-24(29)27-26-18(3)20-10-9-19-6-4-5-7-21(19)15-20/h4-11,14-15H,12-13H2,1-3H3,(H,25,28)(H,27,29). The molecule has 5 heteroatoms. The summed E-state index contributed by atoms with van der Waals surface area (Å²) in [6, 6.07) is 20.0. The van der Waals surface area contributed by atoms with Crippen molar-refractivity contribution in [3.8, 4) is 0 Å². The lowest BCUT2D eigenvalue weighted by molar-refractivity contribution is -0.124. The summed E-state index contributed by atoms with van der Waals surface area (Å²) in [7, 11) is 0. The van der Waals surface area contributed by atoms with Gasteiger partial charge in [0.15, 0.2) is 0 Å². The molecule has 0 aliphatic rings. The maximum absolute atomic E-state index is 12.1. The molecule has 0 spiro atoms. The molecule has 0 aliphatic carbocycles. The summed E-state index contributed by atoms with van der Waals surface area (Å²) in [5, 5.41) is 9.29. The Kier molecular flexibility index (Phi) is 6.39. The number of anilines is 1. The van der Waals surface area contributed by atoms with E-state index >= 15 is 0 Å². The number of benzene rings is 3. The molecule has 0 fully saturated rings. The average molecular weight is 387 g/mol. The highest BCUT2D eigenvalue weighted by Gasteiger charge is 2.09. The van der Waals surface area contributed by atoms with E-state index in [1.807, 2.05) is 75.4 Å². The van der Waals surface area contributed by atoms with Crippen molar-refractivity contribution in [3.63, 3.8) is 0 Å². The summed E-state index contributed by atoms with van der Waals surface area (Å²) >= 11 is 0. The van der Waals surface area contributed by atoms with Crippen LogP contribution in [0.4, 0.5) is 5.69 Å². The first-order valence-corrected chi connectivity index (χ1v) is 9.62. The van der Waals surface area contributed by atoms with Crippen molar-refractivity contribution in [1.29, 1.82) is 0 Å². The van der Waals surface area contributed by atoms with E-state index in [2.05, 4.69) is 21.9 Å². The number of carbonyl (C=O) groups is 2. The predicted molar refractivity (Wildman–Crippen MR) is 118 cm³/mol. The summed E-state index contributed by atoms with van der Waals surface area (Å²) in [4.78, 5) is 24.2. The Hall–Kier alpha value is -3.47. The fourth-order valence-electron chi connectivity index (χ4n) is 3.07. The van der Waals surface area contributed by atoms with E-state index in [9.17, 15) is 9.59 Å². The number of hydrazone groups is 1. The Labute approximate surface area is 170 Å². The number of nitrogens with one attached hydrogen (secondary N) is 2. The van der Waals surface area contributed by atoms with Gasteiger partial charge >= 0.3 is 0 Å². The molecule has 0 unspecified atom stereocenters. The van der Waals surface area contributed by atoms with Crippen LogP contribution < -0.4 is 10.7 Å². The van der Waals surface area contributed by atoms with Gasteiger partial charge in [0.2, 0.25) is 11.8 Å². The van der Waals surface area contributed by atoms with Crippen molar-refractivity contribution in [2.24, 2.45) is 5.10 Å². The lowest BCUT2D eigenvalue weighted by Crippen LogP contribution is -2.22. The molecule has 3 rings (SSSR count). The van der Waals surface area contributed by atoms with E-state index in [0.717, 1.165) is 33.2 Å². The maximum Gasteiger partial charge on any atom is 0.240 e. The molecule has 2 amide bonds. The van der Waals surface area contributed by atoms with Gasteiger partial charge in [-0.3, -0.25) is 9.59 Å². The second-order valence-corrected chi connectivity index (χ2v) is 7.16. The fraction of sp³-hybridized carbons (Fsp3) is 0.208. The SMILES string of the molecule is CC(=NNC(=O)CCC(=O)Nc1ccc(C)cc1C)c1ccc2ccccc2c1. The third-order valence-corrected chi connectivity index (χ3v) is 4.75. The topological polar surface area (TPSA) is 70.6 Å². The zero-order chi connectivity index (χ0) is 20.8. The number of amides is 2. The minimum atomic E-state index is -0.291. The van der Waals surface area contributed by atoms with Gasteiger partial charge in [0.1, 0.15) is 0 Å². The Morgan fingerprint density at radius 1 is 0.862 bits per heavy atom. The predicted octanol–water partition coefficient (Wildman–Crippen LogP) is 4.72. The van der Waals surface area contributed by atoms with E-state index in [0.29, 0.717) is 5.71 Å². The molecule has 148 valence electrons. The summed E-state index contributed by atoms with van der Waals surface area (Å²) in [5.41, 5.74) is 7.10.